The number of para-hydroxylation sites is 1. The maximum absolute atomic E-state index is 12.8. The number of fused-ring (bicyclic) bond motifs is 1. The van der Waals surface area contributed by atoms with Gasteiger partial charge in [0.15, 0.2) is 5.82 Å². The van der Waals surface area contributed by atoms with Gasteiger partial charge in [0.2, 0.25) is 0 Å². The molecule has 0 atom stereocenters. The van der Waals surface area contributed by atoms with Crippen molar-refractivity contribution < 1.29 is 4.79 Å². The van der Waals surface area contributed by atoms with Gasteiger partial charge in [0.25, 0.3) is 5.91 Å². The summed E-state index contributed by atoms with van der Waals surface area (Å²) in [6.07, 6.45) is 8.80. The summed E-state index contributed by atoms with van der Waals surface area (Å²) < 4.78 is 1.92. The second-order valence-electron chi connectivity index (χ2n) is 7.04. The van der Waals surface area contributed by atoms with E-state index in [2.05, 4.69) is 41.3 Å². The standard InChI is InChI=1S/C21H26N4O/c1-3-15-6-5-7-17-18(14-23-19(15)17)16-8-11-25(12-9-16)21(26)20-22-10-13-24(20)4-2/h5-7,10,13-14,16,23H,3-4,8-9,11-12H2,1-2H3. The number of piperidine rings is 1. The second kappa shape index (κ2) is 6.98. The average Bonchev–Trinajstić information content (AvgIpc) is 3.34. The molecule has 4 rings (SSSR count). The maximum atomic E-state index is 12.8. The summed E-state index contributed by atoms with van der Waals surface area (Å²) in [6.45, 7) is 6.58. The molecule has 136 valence electrons. The van der Waals surface area contributed by atoms with Crippen LogP contribution >= 0.6 is 0 Å². The fourth-order valence-electron chi connectivity index (χ4n) is 4.17. The zero-order valence-electron chi connectivity index (χ0n) is 15.5. The van der Waals surface area contributed by atoms with Crippen LogP contribution in [0.1, 0.15) is 54.4 Å². The Labute approximate surface area is 154 Å². The van der Waals surface area contributed by atoms with E-state index in [1.807, 2.05) is 22.6 Å². The number of aryl methyl sites for hydroxylation is 2. The second-order valence-corrected chi connectivity index (χ2v) is 7.04. The smallest absolute Gasteiger partial charge is 0.289 e. The van der Waals surface area contributed by atoms with Gasteiger partial charge in [-0.05, 0) is 43.2 Å². The summed E-state index contributed by atoms with van der Waals surface area (Å²) in [5, 5.41) is 1.34. The first kappa shape index (κ1) is 16.9. The number of imidazole rings is 1. The largest absolute Gasteiger partial charge is 0.361 e. The highest BCUT2D eigenvalue weighted by molar-refractivity contribution is 5.91. The number of hydrogen-bond donors (Lipinski definition) is 1. The van der Waals surface area contributed by atoms with Crippen molar-refractivity contribution in [2.45, 2.75) is 45.6 Å². The molecule has 5 heteroatoms. The molecule has 0 aliphatic carbocycles. The lowest BCUT2D eigenvalue weighted by atomic mass is 9.88. The molecule has 1 aliphatic heterocycles. The first-order chi connectivity index (χ1) is 12.7. The van der Waals surface area contributed by atoms with Crippen molar-refractivity contribution in [2.75, 3.05) is 13.1 Å². The molecule has 0 saturated carbocycles. The highest BCUT2D eigenvalue weighted by atomic mass is 16.2. The highest BCUT2D eigenvalue weighted by Crippen LogP contribution is 2.34. The van der Waals surface area contributed by atoms with E-state index in [1.54, 1.807) is 6.20 Å². The van der Waals surface area contributed by atoms with Crippen LogP contribution in [0.25, 0.3) is 10.9 Å². The first-order valence-electron chi connectivity index (χ1n) is 9.62. The van der Waals surface area contributed by atoms with Gasteiger partial charge in [0.05, 0.1) is 0 Å². The van der Waals surface area contributed by atoms with Crippen LogP contribution in [0.3, 0.4) is 0 Å². The normalized spacial score (nSPS) is 15.7. The third-order valence-electron chi connectivity index (χ3n) is 5.68. The van der Waals surface area contributed by atoms with Gasteiger partial charge in [-0.3, -0.25) is 4.79 Å². The monoisotopic (exact) mass is 350 g/mol. The zero-order chi connectivity index (χ0) is 18.1. The molecule has 1 aliphatic rings. The lowest BCUT2D eigenvalue weighted by Gasteiger charge is -2.31. The van der Waals surface area contributed by atoms with Crippen molar-refractivity contribution >= 4 is 16.8 Å². The number of carbonyl (C=O) groups is 1. The quantitative estimate of drug-likeness (QED) is 0.774. The van der Waals surface area contributed by atoms with Gasteiger partial charge in [-0.1, -0.05) is 25.1 Å². The van der Waals surface area contributed by atoms with Crippen LogP contribution in [0.5, 0.6) is 0 Å². The van der Waals surface area contributed by atoms with Crippen molar-refractivity contribution in [3.63, 3.8) is 0 Å². The fourth-order valence-corrected chi connectivity index (χ4v) is 4.17. The van der Waals surface area contributed by atoms with Gasteiger partial charge in [-0.15, -0.1) is 0 Å². The van der Waals surface area contributed by atoms with Gasteiger partial charge >= 0.3 is 0 Å². The molecule has 3 aromatic rings. The molecule has 1 saturated heterocycles. The minimum atomic E-state index is 0.0579. The number of hydrogen-bond acceptors (Lipinski definition) is 2. The minimum absolute atomic E-state index is 0.0579. The van der Waals surface area contributed by atoms with Crippen molar-refractivity contribution in [2.24, 2.45) is 0 Å². The van der Waals surface area contributed by atoms with Crippen LogP contribution in [0.4, 0.5) is 0 Å². The zero-order valence-corrected chi connectivity index (χ0v) is 15.5. The van der Waals surface area contributed by atoms with Crippen LogP contribution in [0.15, 0.2) is 36.8 Å². The summed E-state index contributed by atoms with van der Waals surface area (Å²) in [7, 11) is 0. The van der Waals surface area contributed by atoms with Crippen molar-refractivity contribution in [1.82, 2.24) is 19.4 Å². The van der Waals surface area contributed by atoms with Gasteiger partial charge in [0, 0.05) is 49.1 Å². The van der Waals surface area contributed by atoms with Gasteiger partial charge < -0.3 is 14.5 Å². The van der Waals surface area contributed by atoms with E-state index in [4.69, 9.17) is 0 Å². The summed E-state index contributed by atoms with van der Waals surface area (Å²) in [6, 6.07) is 6.57. The van der Waals surface area contributed by atoms with E-state index < -0.39 is 0 Å². The van der Waals surface area contributed by atoms with Crippen LogP contribution in [-0.2, 0) is 13.0 Å². The summed E-state index contributed by atoms with van der Waals surface area (Å²) in [5.74, 6) is 1.12. The van der Waals surface area contributed by atoms with E-state index in [1.165, 1.54) is 22.0 Å². The molecule has 0 unspecified atom stereocenters. The Bertz CT molecular complexity index is 915. The molecule has 1 amide bonds. The average molecular weight is 350 g/mol. The van der Waals surface area contributed by atoms with E-state index in [0.717, 1.165) is 38.9 Å². The molecular weight excluding hydrogens is 324 g/mol. The molecule has 0 spiro atoms. The third-order valence-corrected chi connectivity index (χ3v) is 5.68. The molecule has 1 aromatic carbocycles. The van der Waals surface area contributed by atoms with Crippen LogP contribution in [0.2, 0.25) is 0 Å². The Morgan fingerprint density at radius 3 is 2.81 bits per heavy atom. The van der Waals surface area contributed by atoms with Gasteiger partial charge in [-0.2, -0.15) is 0 Å². The molecule has 0 bridgehead atoms. The summed E-state index contributed by atoms with van der Waals surface area (Å²) in [4.78, 5) is 22.5. The molecule has 2 aromatic heterocycles. The maximum Gasteiger partial charge on any atom is 0.289 e. The summed E-state index contributed by atoms with van der Waals surface area (Å²) in [5.41, 5.74) is 4.04. The van der Waals surface area contributed by atoms with Crippen molar-refractivity contribution in [1.29, 1.82) is 0 Å². The van der Waals surface area contributed by atoms with E-state index in [-0.39, 0.29) is 5.91 Å². The van der Waals surface area contributed by atoms with Crippen LogP contribution in [-0.4, -0.2) is 38.4 Å². The number of likely N-dealkylation sites (tertiary alicyclic amines) is 1. The Balaban J connectivity index is 1.50. The Kier molecular flexibility index (Phi) is 4.53. The molecule has 3 heterocycles. The minimum Gasteiger partial charge on any atom is -0.361 e. The molecule has 26 heavy (non-hydrogen) atoms. The predicted octanol–water partition coefficient (Wildman–Crippen LogP) is 3.97. The van der Waals surface area contributed by atoms with E-state index in [9.17, 15) is 4.79 Å². The van der Waals surface area contributed by atoms with Gasteiger partial charge in [-0.25, -0.2) is 4.98 Å². The number of carbonyl (C=O) groups excluding carboxylic acids is 1. The molecule has 1 fully saturated rings. The Morgan fingerprint density at radius 1 is 1.27 bits per heavy atom. The number of amides is 1. The SMILES string of the molecule is CCc1cccc2c(C3CCN(C(=O)c4nccn4CC)CC3)c[nH]c12. The van der Waals surface area contributed by atoms with Crippen molar-refractivity contribution in [3.8, 4) is 0 Å². The Hall–Kier alpha value is -2.56. The predicted molar refractivity (Wildman–Crippen MR) is 103 cm³/mol. The molecule has 0 radical (unpaired) electrons. The third kappa shape index (κ3) is 2.81. The van der Waals surface area contributed by atoms with Crippen LogP contribution in [0, 0.1) is 0 Å². The van der Waals surface area contributed by atoms with E-state index >= 15 is 0 Å². The number of H-pyrrole nitrogens is 1. The molecular formula is C21H26N4O. The number of benzene rings is 1. The summed E-state index contributed by atoms with van der Waals surface area (Å²) >= 11 is 0. The Morgan fingerprint density at radius 2 is 2.08 bits per heavy atom. The topological polar surface area (TPSA) is 53.9 Å². The number of aromatic amines is 1. The fraction of sp³-hybridized carbons (Fsp3) is 0.429. The first-order valence-corrected chi connectivity index (χ1v) is 9.62. The lowest BCUT2D eigenvalue weighted by molar-refractivity contribution is 0.0696. The number of nitrogens with one attached hydrogen (secondary N) is 1. The van der Waals surface area contributed by atoms with E-state index in [0.29, 0.717) is 11.7 Å². The highest BCUT2D eigenvalue weighted by Gasteiger charge is 2.27. The van der Waals surface area contributed by atoms with Crippen LogP contribution < -0.4 is 0 Å². The molecule has 5 nitrogen and oxygen atoms in total. The number of aromatic nitrogens is 3. The number of nitrogens with zero attached hydrogens (tertiary/aromatic N) is 3. The van der Waals surface area contributed by atoms with Crippen molar-refractivity contribution in [3.05, 3.63) is 53.7 Å². The number of rotatable bonds is 4. The molecule has 1 N–H and O–H groups in total. The lowest BCUT2D eigenvalue weighted by Crippen LogP contribution is -2.39. The van der Waals surface area contributed by atoms with Gasteiger partial charge in [0.1, 0.15) is 0 Å².